The minimum absolute atomic E-state index is 0.125. The molecule has 6 heteroatoms. The average molecular weight is 335 g/mol. The molecule has 2 aromatic rings. The maximum atomic E-state index is 13.4. The number of benzene rings is 2. The number of rotatable bonds is 3. The van der Waals surface area contributed by atoms with Crippen LogP contribution < -0.4 is 4.31 Å². The van der Waals surface area contributed by atoms with E-state index in [4.69, 9.17) is 0 Å². The van der Waals surface area contributed by atoms with Crippen molar-refractivity contribution < 1.29 is 17.9 Å². The lowest BCUT2D eigenvalue weighted by molar-refractivity contribution is 0.166. The van der Waals surface area contributed by atoms with E-state index in [0.29, 0.717) is 16.8 Å². The van der Waals surface area contributed by atoms with E-state index in [0.717, 1.165) is 5.56 Å². The Morgan fingerprint density at radius 3 is 2.61 bits per heavy atom. The Morgan fingerprint density at radius 2 is 1.91 bits per heavy atom. The molecule has 1 atom stereocenters. The Hall–Kier alpha value is -1.92. The zero-order valence-electron chi connectivity index (χ0n) is 12.7. The predicted molar refractivity (Wildman–Crippen MR) is 87.1 cm³/mol. The van der Waals surface area contributed by atoms with Crippen LogP contribution in [-0.4, -0.2) is 20.1 Å². The molecule has 0 saturated carbocycles. The second kappa shape index (κ2) is 5.94. The van der Waals surface area contributed by atoms with Crippen LogP contribution in [0.3, 0.4) is 0 Å². The third-order valence-electron chi connectivity index (χ3n) is 4.03. The van der Waals surface area contributed by atoms with Crippen molar-refractivity contribution >= 4 is 15.7 Å². The van der Waals surface area contributed by atoms with Gasteiger partial charge in [0.2, 0.25) is 10.0 Å². The highest BCUT2D eigenvalue weighted by molar-refractivity contribution is 7.92. The molecule has 1 aliphatic heterocycles. The number of fused-ring (bicyclic) bond motifs is 1. The Balaban J connectivity index is 1.95. The summed E-state index contributed by atoms with van der Waals surface area (Å²) in [4.78, 5) is 0. The van der Waals surface area contributed by atoms with Crippen molar-refractivity contribution in [1.29, 1.82) is 0 Å². The van der Waals surface area contributed by atoms with Crippen LogP contribution >= 0.6 is 0 Å². The Kier molecular flexibility index (Phi) is 4.12. The minimum atomic E-state index is -3.60. The van der Waals surface area contributed by atoms with Gasteiger partial charge in [0.1, 0.15) is 5.82 Å². The molecular formula is C17H18FNO3S. The first kappa shape index (κ1) is 16.0. The standard InChI is InChI=1S/C17H18FNO3S/c1-12-2-4-13(5-3-12)11-23(21,22)19-9-8-17(20)15-10-14(18)6-7-16(15)19/h2-7,10,17,20H,8-9,11H2,1H3. The summed E-state index contributed by atoms with van der Waals surface area (Å²) in [5.74, 6) is -0.610. The number of aliphatic hydroxyl groups is 1. The first-order chi connectivity index (χ1) is 10.9. The molecule has 2 aromatic carbocycles. The summed E-state index contributed by atoms with van der Waals surface area (Å²) >= 11 is 0. The topological polar surface area (TPSA) is 57.6 Å². The third kappa shape index (κ3) is 3.23. The van der Waals surface area contributed by atoms with Crippen molar-refractivity contribution in [3.05, 3.63) is 65.0 Å². The molecule has 0 aliphatic carbocycles. The summed E-state index contributed by atoms with van der Waals surface area (Å²) in [6, 6.07) is 11.1. The summed E-state index contributed by atoms with van der Waals surface area (Å²) in [7, 11) is -3.60. The van der Waals surface area contributed by atoms with Crippen LogP contribution in [0, 0.1) is 12.7 Å². The van der Waals surface area contributed by atoms with Crippen LogP contribution in [0.5, 0.6) is 0 Å². The van der Waals surface area contributed by atoms with Gasteiger partial charge in [-0.25, -0.2) is 12.8 Å². The number of hydrogen-bond acceptors (Lipinski definition) is 3. The molecule has 1 heterocycles. The van der Waals surface area contributed by atoms with E-state index in [1.807, 2.05) is 19.1 Å². The summed E-state index contributed by atoms with van der Waals surface area (Å²) in [5.41, 5.74) is 2.44. The van der Waals surface area contributed by atoms with Gasteiger partial charge in [-0.15, -0.1) is 0 Å². The number of hydrogen-bond donors (Lipinski definition) is 1. The molecule has 0 amide bonds. The maximum absolute atomic E-state index is 13.4. The largest absolute Gasteiger partial charge is 0.388 e. The second-order valence-corrected chi connectivity index (χ2v) is 7.71. The molecule has 0 spiro atoms. The number of anilines is 1. The molecule has 0 aromatic heterocycles. The number of aliphatic hydroxyl groups excluding tert-OH is 1. The van der Waals surface area contributed by atoms with Gasteiger partial charge < -0.3 is 5.11 Å². The average Bonchev–Trinajstić information content (AvgIpc) is 2.50. The summed E-state index contributed by atoms with van der Waals surface area (Å²) in [6.45, 7) is 2.13. The molecule has 4 nitrogen and oxygen atoms in total. The maximum Gasteiger partial charge on any atom is 0.239 e. The van der Waals surface area contributed by atoms with E-state index in [1.54, 1.807) is 12.1 Å². The van der Waals surface area contributed by atoms with Gasteiger partial charge in [0, 0.05) is 12.1 Å². The Bertz CT molecular complexity index is 818. The molecule has 0 bridgehead atoms. The third-order valence-corrected chi connectivity index (χ3v) is 5.78. The Labute approximate surface area is 135 Å². The molecule has 0 fully saturated rings. The molecule has 1 aliphatic rings. The number of sulfonamides is 1. The highest BCUT2D eigenvalue weighted by atomic mass is 32.2. The van der Waals surface area contributed by atoms with Crippen molar-refractivity contribution in [3.8, 4) is 0 Å². The van der Waals surface area contributed by atoms with E-state index in [9.17, 15) is 17.9 Å². The molecule has 3 rings (SSSR count). The smallest absolute Gasteiger partial charge is 0.239 e. The summed E-state index contributed by atoms with van der Waals surface area (Å²) < 4.78 is 40.2. The fraction of sp³-hybridized carbons (Fsp3) is 0.294. The summed E-state index contributed by atoms with van der Waals surface area (Å²) in [6.07, 6.45) is -0.588. The van der Waals surface area contributed by atoms with Gasteiger partial charge in [-0.1, -0.05) is 29.8 Å². The minimum Gasteiger partial charge on any atom is -0.388 e. The van der Waals surface area contributed by atoms with E-state index in [1.165, 1.54) is 22.5 Å². The first-order valence-electron chi connectivity index (χ1n) is 7.40. The number of halogens is 1. The summed E-state index contributed by atoms with van der Waals surface area (Å²) in [5, 5.41) is 10.0. The van der Waals surface area contributed by atoms with E-state index < -0.39 is 21.9 Å². The molecule has 1 N–H and O–H groups in total. The second-order valence-electron chi connectivity index (χ2n) is 5.82. The van der Waals surface area contributed by atoms with Gasteiger partial charge >= 0.3 is 0 Å². The zero-order valence-corrected chi connectivity index (χ0v) is 13.6. The normalized spacial score (nSPS) is 17.9. The number of nitrogens with zero attached hydrogens (tertiary/aromatic N) is 1. The lowest BCUT2D eigenvalue weighted by atomic mass is 10.0. The van der Waals surface area contributed by atoms with Crippen LogP contribution in [0.2, 0.25) is 0 Å². The lowest BCUT2D eigenvalue weighted by Crippen LogP contribution is -2.37. The van der Waals surface area contributed by atoms with Crippen LogP contribution in [0.15, 0.2) is 42.5 Å². The Morgan fingerprint density at radius 1 is 1.22 bits per heavy atom. The predicted octanol–water partition coefficient (Wildman–Crippen LogP) is 2.91. The van der Waals surface area contributed by atoms with Crippen molar-refractivity contribution in [3.63, 3.8) is 0 Å². The van der Waals surface area contributed by atoms with Gasteiger partial charge in [0.05, 0.1) is 17.5 Å². The van der Waals surface area contributed by atoms with E-state index >= 15 is 0 Å². The van der Waals surface area contributed by atoms with Crippen LogP contribution in [0.1, 0.15) is 29.2 Å². The van der Waals surface area contributed by atoms with Gasteiger partial charge in [-0.3, -0.25) is 4.31 Å². The quantitative estimate of drug-likeness (QED) is 0.938. The monoisotopic (exact) mass is 335 g/mol. The van der Waals surface area contributed by atoms with Crippen molar-refractivity contribution in [2.75, 3.05) is 10.8 Å². The molecule has 0 saturated heterocycles. The van der Waals surface area contributed by atoms with Gasteiger partial charge in [0.25, 0.3) is 0 Å². The molecule has 0 radical (unpaired) electrons. The number of aryl methyl sites for hydroxylation is 1. The van der Waals surface area contributed by atoms with Crippen molar-refractivity contribution in [2.24, 2.45) is 0 Å². The molecular weight excluding hydrogens is 317 g/mol. The van der Waals surface area contributed by atoms with Crippen LogP contribution in [0.4, 0.5) is 10.1 Å². The first-order valence-corrected chi connectivity index (χ1v) is 9.01. The zero-order chi connectivity index (χ0) is 16.6. The highest BCUT2D eigenvalue weighted by Gasteiger charge is 2.31. The SMILES string of the molecule is Cc1ccc(CS(=O)(=O)N2CCC(O)c3cc(F)ccc32)cc1. The van der Waals surface area contributed by atoms with E-state index in [-0.39, 0.29) is 18.7 Å². The fourth-order valence-electron chi connectivity index (χ4n) is 2.80. The van der Waals surface area contributed by atoms with Gasteiger partial charge in [0.15, 0.2) is 0 Å². The van der Waals surface area contributed by atoms with Crippen molar-refractivity contribution in [2.45, 2.75) is 25.2 Å². The van der Waals surface area contributed by atoms with Gasteiger partial charge in [-0.2, -0.15) is 0 Å². The van der Waals surface area contributed by atoms with Gasteiger partial charge in [-0.05, 0) is 37.1 Å². The van der Waals surface area contributed by atoms with Crippen LogP contribution in [0.25, 0.3) is 0 Å². The van der Waals surface area contributed by atoms with Crippen molar-refractivity contribution in [1.82, 2.24) is 0 Å². The lowest BCUT2D eigenvalue weighted by Gasteiger charge is -2.33. The molecule has 122 valence electrons. The molecule has 1 unspecified atom stereocenters. The van der Waals surface area contributed by atoms with E-state index in [2.05, 4.69) is 0 Å². The highest BCUT2D eigenvalue weighted by Crippen LogP contribution is 2.36. The van der Waals surface area contributed by atoms with Crippen LogP contribution in [-0.2, 0) is 15.8 Å². The fourth-order valence-corrected chi connectivity index (χ4v) is 4.42. The molecule has 23 heavy (non-hydrogen) atoms.